The van der Waals surface area contributed by atoms with Crippen LogP contribution in [0.15, 0.2) is 23.3 Å². The van der Waals surface area contributed by atoms with Gasteiger partial charge in [0.05, 0.1) is 19.1 Å². The van der Waals surface area contributed by atoms with Crippen LogP contribution in [0, 0.1) is 5.92 Å². The normalized spacial score (nSPS) is 25.8. The molecule has 0 aromatic carbocycles. The number of carbonyl (C=O) groups excluding carboxylic acids is 2. The SMILES string of the molecule is CCC(C)C(=O)OC1C(OCC=C(C)CCC=C(C)C)OCC(O)C1OC(C)=O. The highest BCUT2D eigenvalue weighted by molar-refractivity contribution is 5.72. The smallest absolute Gasteiger partial charge is 0.309 e. The van der Waals surface area contributed by atoms with Crippen molar-refractivity contribution >= 4 is 11.9 Å². The van der Waals surface area contributed by atoms with E-state index in [4.69, 9.17) is 18.9 Å². The molecule has 0 amide bonds. The number of ether oxygens (including phenoxy) is 4. The van der Waals surface area contributed by atoms with E-state index in [1.165, 1.54) is 18.1 Å². The molecule has 0 aromatic rings. The van der Waals surface area contributed by atoms with Crippen molar-refractivity contribution in [2.75, 3.05) is 13.2 Å². The third-order valence-corrected chi connectivity index (χ3v) is 4.76. The second-order valence-corrected chi connectivity index (χ2v) is 7.76. The third-order valence-electron chi connectivity index (χ3n) is 4.76. The van der Waals surface area contributed by atoms with Crippen LogP contribution in [0.25, 0.3) is 0 Å². The first-order valence-corrected chi connectivity index (χ1v) is 10.2. The number of aliphatic hydroxyl groups excluding tert-OH is 1. The average molecular weight is 413 g/mol. The predicted octanol–water partition coefficient (Wildman–Crippen LogP) is 3.30. The number of allylic oxidation sites excluding steroid dienone is 3. The van der Waals surface area contributed by atoms with Crippen molar-refractivity contribution in [3.05, 3.63) is 23.3 Å². The number of carbonyl (C=O) groups is 2. The average Bonchev–Trinajstić information content (AvgIpc) is 2.64. The fourth-order valence-corrected chi connectivity index (χ4v) is 2.75. The number of hydrogen-bond acceptors (Lipinski definition) is 7. The third kappa shape index (κ3) is 9.10. The number of rotatable bonds is 10. The summed E-state index contributed by atoms with van der Waals surface area (Å²) < 4.78 is 22.1. The summed E-state index contributed by atoms with van der Waals surface area (Å²) in [5.41, 5.74) is 2.45. The maximum atomic E-state index is 12.3. The van der Waals surface area contributed by atoms with Crippen LogP contribution in [-0.4, -0.2) is 54.9 Å². The van der Waals surface area contributed by atoms with Crippen LogP contribution in [0.2, 0.25) is 0 Å². The van der Waals surface area contributed by atoms with E-state index >= 15 is 0 Å². The number of aliphatic hydroxyl groups is 1. The Bertz CT molecular complexity index is 592. The molecular formula is C22H36O7. The Hall–Kier alpha value is -1.70. The van der Waals surface area contributed by atoms with Gasteiger partial charge in [0.15, 0.2) is 18.5 Å². The molecule has 7 heteroatoms. The van der Waals surface area contributed by atoms with E-state index in [1.807, 2.05) is 19.9 Å². The van der Waals surface area contributed by atoms with Crippen LogP contribution >= 0.6 is 0 Å². The van der Waals surface area contributed by atoms with Crippen molar-refractivity contribution < 1.29 is 33.6 Å². The van der Waals surface area contributed by atoms with Crippen LogP contribution in [0.1, 0.15) is 60.8 Å². The minimum absolute atomic E-state index is 0.0801. The van der Waals surface area contributed by atoms with Crippen molar-refractivity contribution in [3.63, 3.8) is 0 Å². The van der Waals surface area contributed by atoms with Crippen molar-refractivity contribution in [1.29, 1.82) is 0 Å². The van der Waals surface area contributed by atoms with Crippen LogP contribution in [-0.2, 0) is 28.5 Å². The quantitative estimate of drug-likeness (QED) is 0.435. The molecule has 1 N–H and O–H groups in total. The van der Waals surface area contributed by atoms with Gasteiger partial charge in [0, 0.05) is 6.92 Å². The fraction of sp³-hybridized carbons (Fsp3) is 0.727. The second kappa shape index (κ2) is 12.8. The largest absolute Gasteiger partial charge is 0.455 e. The Morgan fingerprint density at radius 2 is 1.83 bits per heavy atom. The fourth-order valence-electron chi connectivity index (χ4n) is 2.75. The predicted molar refractivity (Wildman–Crippen MR) is 109 cm³/mol. The zero-order chi connectivity index (χ0) is 22.0. The molecule has 1 fully saturated rings. The first-order valence-electron chi connectivity index (χ1n) is 10.2. The molecule has 166 valence electrons. The molecular weight excluding hydrogens is 376 g/mol. The molecule has 7 nitrogen and oxygen atoms in total. The van der Waals surface area contributed by atoms with Gasteiger partial charge in [0.25, 0.3) is 0 Å². The van der Waals surface area contributed by atoms with Crippen LogP contribution < -0.4 is 0 Å². The molecule has 0 aromatic heterocycles. The maximum absolute atomic E-state index is 12.3. The highest BCUT2D eigenvalue weighted by Gasteiger charge is 2.45. The Morgan fingerprint density at radius 3 is 2.41 bits per heavy atom. The van der Waals surface area contributed by atoms with Gasteiger partial charge in [-0.1, -0.05) is 37.1 Å². The molecule has 29 heavy (non-hydrogen) atoms. The summed E-state index contributed by atoms with van der Waals surface area (Å²) in [6.07, 6.45) is 2.49. The zero-order valence-electron chi connectivity index (χ0n) is 18.5. The van der Waals surface area contributed by atoms with Gasteiger partial charge >= 0.3 is 11.9 Å². The van der Waals surface area contributed by atoms with Crippen LogP contribution in [0.3, 0.4) is 0 Å². The van der Waals surface area contributed by atoms with Gasteiger partial charge < -0.3 is 24.1 Å². The molecule has 0 saturated carbocycles. The summed E-state index contributed by atoms with van der Waals surface area (Å²) in [7, 11) is 0. The Morgan fingerprint density at radius 1 is 1.14 bits per heavy atom. The summed E-state index contributed by atoms with van der Waals surface area (Å²) in [5.74, 6) is -1.35. The lowest BCUT2D eigenvalue weighted by atomic mass is 10.0. The lowest BCUT2D eigenvalue weighted by Crippen LogP contribution is -2.57. The molecule has 0 bridgehead atoms. The van der Waals surface area contributed by atoms with Gasteiger partial charge in [0.2, 0.25) is 0 Å². The molecule has 0 spiro atoms. The molecule has 1 aliphatic rings. The molecule has 0 radical (unpaired) electrons. The number of hydrogen-bond donors (Lipinski definition) is 1. The van der Waals surface area contributed by atoms with Gasteiger partial charge in [-0.2, -0.15) is 0 Å². The Kier molecular flexibility index (Phi) is 11.2. The minimum atomic E-state index is -1.10. The Balaban J connectivity index is 2.81. The first kappa shape index (κ1) is 25.3. The monoisotopic (exact) mass is 412 g/mol. The Labute approximate surface area is 174 Å². The van der Waals surface area contributed by atoms with E-state index in [0.717, 1.165) is 12.8 Å². The van der Waals surface area contributed by atoms with E-state index < -0.39 is 36.5 Å². The van der Waals surface area contributed by atoms with Crippen molar-refractivity contribution in [2.24, 2.45) is 5.92 Å². The lowest BCUT2D eigenvalue weighted by Gasteiger charge is -2.39. The van der Waals surface area contributed by atoms with Crippen molar-refractivity contribution in [1.82, 2.24) is 0 Å². The summed E-state index contributed by atoms with van der Waals surface area (Å²) in [5, 5.41) is 10.2. The lowest BCUT2D eigenvalue weighted by molar-refractivity contribution is -0.277. The first-order chi connectivity index (χ1) is 13.6. The van der Waals surface area contributed by atoms with E-state index in [0.29, 0.717) is 6.42 Å². The highest BCUT2D eigenvalue weighted by atomic mass is 16.7. The second-order valence-electron chi connectivity index (χ2n) is 7.76. The summed E-state index contributed by atoms with van der Waals surface area (Å²) in [6.45, 7) is 11.2. The van der Waals surface area contributed by atoms with Crippen molar-refractivity contribution in [3.8, 4) is 0 Å². The molecule has 5 atom stereocenters. The molecule has 1 aliphatic heterocycles. The summed E-state index contributed by atoms with van der Waals surface area (Å²) >= 11 is 0. The van der Waals surface area contributed by atoms with Gasteiger partial charge in [-0.05, 0) is 40.0 Å². The topological polar surface area (TPSA) is 91.3 Å². The number of esters is 2. The summed E-state index contributed by atoms with van der Waals surface area (Å²) in [4.78, 5) is 23.8. The van der Waals surface area contributed by atoms with E-state index in [2.05, 4.69) is 19.9 Å². The van der Waals surface area contributed by atoms with Gasteiger partial charge in [-0.25, -0.2) is 0 Å². The van der Waals surface area contributed by atoms with E-state index in [-0.39, 0.29) is 19.1 Å². The summed E-state index contributed by atoms with van der Waals surface area (Å²) in [6, 6.07) is 0. The molecule has 5 unspecified atom stereocenters. The molecule has 1 heterocycles. The maximum Gasteiger partial charge on any atom is 0.309 e. The van der Waals surface area contributed by atoms with Gasteiger partial charge in [0.1, 0.15) is 6.10 Å². The minimum Gasteiger partial charge on any atom is -0.455 e. The standard InChI is InChI=1S/C22H36O7/c1-7-16(5)21(25)29-20-19(28-17(6)23)18(24)13-27-22(20)26-12-11-15(4)10-8-9-14(2)3/h9,11,16,18-20,22,24H,7-8,10,12-13H2,1-6H3. The molecule has 1 rings (SSSR count). The van der Waals surface area contributed by atoms with Crippen LogP contribution in [0.4, 0.5) is 0 Å². The zero-order valence-corrected chi connectivity index (χ0v) is 18.5. The van der Waals surface area contributed by atoms with E-state index in [1.54, 1.807) is 6.92 Å². The van der Waals surface area contributed by atoms with Gasteiger partial charge in [-0.15, -0.1) is 0 Å². The van der Waals surface area contributed by atoms with Gasteiger partial charge in [-0.3, -0.25) is 9.59 Å². The highest BCUT2D eigenvalue weighted by Crippen LogP contribution is 2.24. The molecule has 0 aliphatic carbocycles. The van der Waals surface area contributed by atoms with Crippen LogP contribution in [0.5, 0.6) is 0 Å². The van der Waals surface area contributed by atoms with E-state index in [9.17, 15) is 14.7 Å². The molecule has 1 saturated heterocycles. The van der Waals surface area contributed by atoms with Crippen molar-refractivity contribution in [2.45, 2.75) is 85.4 Å².